The molecule has 2 aromatic heterocycles. The quantitative estimate of drug-likeness (QED) is 0.733. The summed E-state index contributed by atoms with van der Waals surface area (Å²) in [7, 11) is 0. The summed E-state index contributed by atoms with van der Waals surface area (Å²) in [6.45, 7) is 5.06. The fourth-order valence-corrected chi connectivity index (χ4v) is 2.94. The first-order valence-electron chi connectivity index (χ1n) is 9.11. The molecule has 1 N–H and O–H groups in total. The number of imidazole rings is 1. The summed E-state index contributed by atoms with van der Waals surface area (Å²) in [6, 6.07) is 10.7. The number of aryl methyl sites for hydroxylation is 1. The molecule has 1 fully saturated rings. The topological polar surface area (TPSA) is 91.2 Å². The molecule has 0 spiro atoms. The highest BCUT2D eigenvalue weighted by Crippen LogP contribution is 2.23. The predicted octanol–water partition coefficient (Wildman–Crippen LogP) is 3.05. The number of nitrogens with zero attached hydrogens (tertiary/aromatic N) is 4. The van der Waals surface area contributed by atoms with Gasteiger partial charge in [-0.2, -0.15) is 0 Å². The minimum atomic E-state index is -0.0763. The van der Waals surface area contributed by atoms with Crippen LogP contribution in [0.3, 0.4) is 0 Å². The number of aromatic nitrogens is 4. The van der Waals surface area contributed by atoms with Gasteiger partial charge in [-0.15, -0.1) is 10.2 Å². The standard InChI is InChI=1S/C20H21N5O3/c1-13-14(2)25(12-21-13)18-7-8-19(24-23-18)28-17-5-3-16(4-6-17)22-20(26)15-9-10-27-11-15/h3-8,12,15H,9-11H2,1-2H3,(H,22,26). The minimum Gasteiger partial charge on any atom is -0.438 e. The van der Waals surface area contributed by atoms with Crippen LogP contribution in [0.1, 0.15) is 17.8 Å². The zero-order valence-corrected chi connectivity index (χ0v) is 15.8. The van der Waals surface area contributed by atoms with Crippen molar-refractivity contribution >= 4 is 11.6 Å². The molecule has 1 aromatic carbocycles. The largest absolute Gasteiger partial charge is 0.438 e. The van der Waals surface area contributed by atoms with E-state index in [0.29, 0.717) is 30.7 Å². The van der Waals surface area contributed by atoms with Gasteiger partial charge in [0, 0.05) is 24.1 Å². The van der Waals surface area contributed by atoms with Gasteiger partial charge in [0.1, 0.15) is 12.1 Å². The van der Waals surface area contributed by atoms with Crippen molar-refractivity contribution in [3.05, 3.63) is 54.1 Å². The van der Waals surface area contributed by atoms with Gasteiger partial charge < -0.3 is 14.8 Å². The van der Waals surface area contributed by atoms with E-state index >= 15 is 0 Å². The smallest absolute Gasteiger partial charge is 0.238 e. The van der Waals surface area contributed by atoms with E-state index in [4.69, 9.17) is 9.47 Å². The highest BCUT2D eigenvalue weighted by atomic mass is 16.5. The molecule has 0 bridgehead atoms. The number of hydrogen-bond acceptors (Lipinski definition) is 6. The number of rotatable bonds is 5. The summed E-state index contributed by atoms with van der Waals surface area (Å²) in [6.07, 6.45) is 2.49. The zero-order chi connectivity index (χ0) is 19.5. The van der Waals surface area contributed by atoms with Crippen LogP contribution in [-0.4, -0.2) is 38.9 Å². The Kier molecular flexibility index (Phi) is 5.03. The maximum atomic E-state index is 12.1. The molecule has 1 unspecified atom stereocenters. The third-order valence-electron chi connectivity index (χ3n) is 4.77. The van der Waals surface area contributed by atoms with Gasteiger partial charge in [0.25, 0.3) is 0 Å². The number of amides is 1. The van der Waals surface area contributed by atoms with Crippen LogP contribution >= 0.6 is 0 Å². The molecule has 3 aromatic rings. The Morgan fingerprint density at radius 3 is 2.61 bits per heavy atom. The second kappa shape index (κ2) is 7.77. The Hall–Kier alpha value is -3.26. The molecular weight excluding hydrogens is 358 g/mol. The molecule has 8 heteroatoms. The van der Waals surface area contributed by atoms with E-state index in [1.165, 1.54) is 0 Å². The predicted molar refractivity (Wildman–Crippen MR) is 103 cm³/mol. The summed E-state index contributed by atoms with van der Waals surface area (Å²) >= 11 is 0. The molecule has 144 valence electrons. The molecule has 4 rings (SSSR count). The first kappa shape index (κ1) is 18.1. The number of ether oxygens (including phenoxy) is 2. The lowest BCUT2D eigenvalue weighted by Crippen LogP contribution is -2.22. The van der Waals surface area contributed by atoms with Gasteiger partial charge >= 0.3 is 0 Å². The van der Waals surface area contributed by atoms with Gasteiger partial charge in [0.2, 0.25) is 11.8 Å². The summed E-state index contributed by atoms with van der Waals surface area (Å²) in [4.78, 5) is 16.4. The molecule has 8 nitrogen and oxygen atoms in total. The van der Waals surface area contributed by atoms with E-state index in [-0.39, 0.29) is 11.8 Å². The summed E-state index contributed by atoms with van der Waals surface area (Å²) < 4.78 is 12.9. The maximum Gasteiger partial charge on any atom is 0.238 e. The van der Waals surface area contributed by atoms with Crippen molar-refractivity contribution in [2.24, 2.45) is 5.92 Å². The van der Waals surface area contributed by atoms with Crippen LogP contribution in [0.2, 0.25) is 0 Å². The Morgan fingerprint density at radius 1 is 1.18 bits per heavy atom. The molecule has 0 saturated carbocycles. The molecular formula is C20H21N5O3. The molecule has 1 aliphatic heterocycles. The van der Waals surface area contributed by atoms with Crippen LogP contribution in [-0.2, 0) is 9.53 Å². The average molecular weight is 379 g/mol. The van der Waals surface area contributed by atoms with Crippen molar-refractivity contribution < 1.29 is 14.3 Å². The van der Waals surface area contributed by atoms with E-state index < -0.39 is 0 Å². The number of benzene rings is 1. The monoisotopic (exact) mass is 379 g/mol. The van der Waals surface area contributed by atoms with Crippen molar-refractivity contribution in [1.29, 1.82) is 0 Å². The van der Waals surface area contributed by atoms with Gasteiger partial charge in [-0.3, -0.25) is 9.36 Å². The fraction of sp³-hybridized carbons (Fsp3) is 0.300. The summed E-state index contributed by atoms with van der Waals surface area (Å²) in [5, 5.41) is 11.2. The Balaban J connectivity index is 1.39. The van der Waals surface area contributed by atoms with Crippen LogP contribution < -0.4 is 10.1 Å². The first-order chi connectivity index (χ1) is 13.6. The van der Waals surface area contributed by atoms with Gasteiger partial charge in [-0.25, -0.2) is 4.98 Å². The van der Waals surface area contributed by atoms with Crippen molar-refractivity contribution in [2.45, 2.75) is 20.3 Å². The van der Waals surface area contributed by atoms with Gasteiger partial charge in [-0.1, -0.05) is 0 Å². The molecule has 1 aliphatic rings. The van der Waals surface area contributed by atoms with Crippen LogP contribution in [0.25, 0.3) is 5.82 Å². The third-order valence-corrected chi connectivity index (χ3v) is 4.77. The van der Waals surface area contributed by atoms with Crippen molar-refractivity contribution in [3.8, 4) is 17.4 Å². The minimum absolute atomic E-state index is 0.0161. The van der Waals surface area contributed by atoms with E-state index in [9.17, 15) is 4.79 Å². The number of carbonyl (C=O) groups excluding carboxylic acids is 1. The second-order valence-corrected chi connectivity index (χ2v) is 6.69. The average Bonchev–Trinajstić information content (AvgIpc) is 3.35. The van der Waals surface area contributed by atoms with Crippen LogP contribution in [0.5, 0.6) is 11.6 Å². The zero-order valence-electron chi connectivity index (χ0n) is 15.8. The molecule has 3 heterocycles. The second-order valence-electron chi connectivity index (χ2n) is 6.69. The Labute approximate surface area is 162 Å². The van der Waals surface area contributed by atoms with E-state index in [1.807, 2.05) is 24.5 Å². The van der Waals surface area contributed by atoms with Gasteiger partial charge in [-0.05, 0) is 50.6 Å². The van der Waals surface area contributed by atoms with E-state index in [0.717, 1.165) is 23.5 Å². The molecule has 0 radical (unpaired) electrons. The van der Waals surface area contributed by atoms with E-state index in [1.54, 1.807) is 36.7 Å². The molecule has 1 saturated heterocycles. The number of carbonyl (C=O) groups is 1. The number of hydrogen-bond donors (Lipinski definition) is 1. The normalized spacial score (nSPS) is 16.1. The molecule has 28 heavy (non-hydrogen) atoms. The SMILES string of the molecule is Cc1ncn(-c2ccc(Oc3ccc(NC(=O)C4CCOC4)cc3)nn2)c1C. The maximum absolute atomic E-state index is 12.1. The van der Waals surface area contributed by atoms with Gasteiger partial charge in [0.05, 0.1) is 18.2 Å². The number of anilines is 1. The third kappa shape index (κ3) is 3.86. The summed E-state index contributed by atoms with van der Waals surface area (Å²) in [5.41, 5.74) is 2.69. The van der Waals surface area contributed by atoms with Crippen LogP contribution in [0, 0.1) is 19.8 Å². The Morgan fingerprint density at radius 2 is 2.00 bits per heavy atom. The van der Waals surface area contributed by atoms with Crippen LogP contribution in [0.4, 0.5) is 5.69 Å². The van der Waals surface area contributed by atoms with E-state index in [2.05, 4.69) is 20.5 Å². The molecule has 1 atom stereocenters. The highest BCUT2D eigenvalue weighted by molar-refractivity contribution is 5.92. The highest BCUT2D eigenvalue weighted by Gasteiger charge is 2.23. The lowest BCUT2D eigenvalue weighted by molar-refractivity contribution is -0.119. The molecule has 1 amide bonds. The fourth-order valence-electron chi connectivity index (χ4n) is 2.94. The summed E-state index contributed by atoms with van der Waals surface area (Å²) in [5.74, 6) is 1.58. The number of nitrogens with one attached hydrogen (secondary N) is 1. The van der Waals surface area contributed by atoms with Crippen molar-refractivity contribution in [3.63, 3.8) is 0 Å². The van der Waals surface area contributed by atoms with Crippen molar-refractivity contribution in [2.75, 3.05) is 18.5 Å². The van der Waals surface area contributed by atoms with Crippen LogP contribution in [0.15, 0.2) is 42.7 Å². The lowest BCUT2D eigenvalue weighted by atomic mass is 10.1. The van der Waals surface area contributed by atoms with Gasteiger partial charge in [0.15, 0.2) is 5.82 Å². The molecule has 0 aliphatic carbocycles. The van der Waals surface area contributed by atoms with Crippen molar-refractivity contribution in [1.82, 2.24) is 19.7 Å². The first-order valence-corrected chi connectivity index (χ1v) is 9.11. The lowest BCUT2D eigenvalue weighted by Gasteiger charge is -2.10. The Bertz CT molecular complexity index is 961.